The van der Waals surface area contributed by atoms with E-state index in [1.54, 1.807) is 0 Å². The molecule has 1 saturated heterocycles. The summed E-state index contributed by atoms with van der Waals surface area (Å²) in [4.78, 5) is 11.5. The maximum atomic E-state index is 11.5. The molecule has 2 aliphatic rings. The number of fused-ring (bicyclic) bond motifs is 1. The van der Waals surface area contributed by atoms with Crippen LogP contribution in [0.5, 0.6) is 0 Å². The van der Waals surface area contributed by atoms with Crippen molar-refractivity contribution in [2.75, 3.05) is 6.54 Å². The molecule has 0 bridgehead atoms. The summed E-state index contributed by atoms with van der Waals surface area (Å²) in [6.07, 6.45) is 3.40. The molecule has 80 valence electrons. The molecule has 1 saturated carbocycles. The highest BCUT2D eigenvalue weighted by Gasteiger charge is 2.40. The van der Waals surface area contributed by atoms with Crippen LogP contribution in [0, 0.1) is 11.8 Å². The lowest BCUT2D eigenvalue weighted by Crippen LogP contribution is -2.55. The molecule has 0 spiro atoms. The van der Waals surface area contributed by atoms with E-state index in [9.17, 15) is 9.90 Å². The number of carbonyl (C=O) groups is 1. The van der Waals surface area contributed by atoms with Crippen LogP contribution in [0.4, 0.5) is 0 Å². The molecule has 1 aliphatic heterocycles. The first-order valence-corrected chi connectivity index (χ1v) is 5.41. The smallest absolute Gasteiger partial charge is 0.224 e. The normalized spacial score (nSPS) is 42.9. The van der Waals surface area contributed by atoms with Crippen LogP contribution in [0.2, 0.25) is 0 Å². The maximum absolute atomic E-state index is 11.5. The number of aliphatic hydroxyl groups is 1. The van der Waals surface area contributed by atoms with Gasteiger partial charge in [-0.15, -0.1) is 0 Å². The summed E-state index contributed by atoms with van der Waals surface area (Å²) in [5.74, 6) is 0.210. The Morgan fingerprint density at radius 3 is 3.00 bits per heavy atom. The molecule has 0 aromatic heterocycles. The lowest BCUT2D eigenvalue weighted by atomic mass is 9.74. The lowest BCUT2D eigenvalue weighted by molar-refractivity contribution is -0.131. The first-order valence-electron chi connectivity index (χ1n) is 5.41. The van der Waals surface area contributed by atoms with Gasteiger partial charge in [0.2, 0.25) is 5.91 Å². The molecule has 4 heteroatoms. The van der Waals surface area contributed by atoms with Crippen molar-refractivity contribution in [2.24, 2.45) is 17.6 Å². The zero-order chi connectivity index (χ0) is 10.1. The molecule has 0 radical (unpaired) electrons. The van der Waals surface area contributed by atoms with Crippen LogP contribution in [0.3, 0.4) is 0 Å². The predicted octanol–water partition coefficient (Wildman–Crippen LogP) is -0.389. The Hall–Kier alpha value is -0.610. The van der Waals surface area contributed by atoms with Crippen molar-refractivity contribution in [2.45, 2.75) is 37.8 Å². The summed E-state index contributed by atoms with van der Waals surface area (Å²) in [5, 5.41) is 12.8. The molecule has 0 aromatic rings. The van der Waals surface area contributed by atoms with Crippen LogP contribution in [0.15, 0.2) is 0 Å². The molecular formula is C10H18N2O2. The van der Waals surface area contributed by atoms with E-state index in [1.165, 1.54) is 0 Å². The summed E-state index contributed by atoms with van der Waals surface area (Å²) in [6, 6.07) is 0.189. The third-order valence-corrected chi connectivity index (χ3v) is 3.57. The van der Waals surface area contributed by atoms with E-state index >= 15 is 0 Å². The third-order valence-electron chi connectivity index (χ3n) is 3.57. The minimum Gasteiger partial charge on any atom is -0.393 e. The molecule has 2 fully saturated rings. The number of carbonyl (C=O) groups excluding carboxylic acids is 1. The standard InChI is InChI=1S/C10H18N2O2/c11-5-6-4-7-8(12-10(6)14)2-1-3-9(7)13/h6-9,13H,1-5,11H2,(H,12,14)/t6-,7-,8-,9+/m0/s1. The number of piperidine rings is 1. The second kappa shape index (κ2) is 3.87. The number of rotatable bonds is 1. The third kappa shape index (κ3) is 1.64. The molecule has 1 amide bonds. The summed E-state index contributed by atoms with van der Waals surface area (Å²) >= 11 is 0. The molecule has 2 rings (SSSR count). The molecule has 14 heavy (non-hydrogen) atoms. The van der Waals surface area contributed by atoms with Crippen molar-refractivity contribution in [3.63, 3.8) is 0 Å². The Balaban J connectivity index is 2.06. The Labute approximate surface area is 83.9 Å². The van der Waals surface area contributed by atoms with E-state index in [0.717, 1.165) is 25.7 Å². The quantitative estimate of drug-likeness (QED) is 0.537. The Kier molecular flexibility index (Phi) is 2.74. The molecule has 1 heterocycles. The van der Waals surface area contributed by atoms with Gasteiger partial charge in [-0.05, 0) is 25.7 Å². The van der Waals surface area contributed by atoms with Gasteiger partial charge in [-0.2, -0.15) is 0 Å². The van der Waals surface area contributed by atoms with Gasteiger partial charge >= 0.3 is 0 Å². The molecule has 4 atom stereocenters. The zero-order valence-corrected chi connectivity index (χ0v) is 8.28. The fraction of sp³-hybridized carbons (Fsp3) is 0.900. The van der Waals surface area contributed by atoms with Crippen LogP contribution in [-0.4, -0.2) is 29.7 Å². The summed E-state index contributed by atoms with van der Waals surface area (Å²) in [6.45, 7) is 0.391. The monoisotopic (exact) mass is 198 g/mol. The highest BCUT2D eigenvalue weighted by Crippen LogP contribution is 2.33. The second-order valence-corrected chi connectivity index (χ2v) is 4.45. The molecule has 4 N–H and O–H groups in total. The highest BCUT2D eigenvalue weighted by atomic mass is 16.3. The Bertz CT molecular complexity index is 232. The topological polar surface area (TPSA) is 75.3 Å². The van der Waals surface area contributed by atoms with Gasteiger partial charge in [0.05, 0.1) is 12.0 Å². The van der Waals surface area contributed by atoms with Crippen LogP contribution >= 0.6 is 0 Å². The average molecular weight is 198 g/mol. The molecule has 1 aliphatic carbocycles. The lowest BCUT2D eigenvalue weighted by Gasteiger charge is -2.41. The van der Waals surface area contributed by atoms with Crippen molar-refractivity contribution in [3.8, 4) is 0 Å². The van der Waals surface area contributed by atoms with E-state index in [4.69, 9.17) is 5.73 Å². The van der Waals surface area contributed by atoms with Crippen molar-refractivity contribution < 1.29 is 9.90 Å². The Morgan fingerprint density at radius 2 is 2.29 bits per heavy atom. The average Bonchev–Trinajstić information content (AvgIpc) is 2.17. The number of hydrogen-bond acceptors (Lipinski definition) is 3. The second-order valence-electron chi connectivity index (χ2n) is 4.45. The number of aliphatic hydroxyl groups excluding tert-OH is 1. The van der Waals surface area contributed by atoms with Crippen molar-refractivity contribution in [1.29, 1.82) is 0 Å². The first kappa shape index (κ1) is 9.93. The molecule has 0 aromatic carbocycles. The summed E-state index contributed by atoms with van der Waals surface area (Å²) in [5.41, 5.74) is 5.52. The Morgan fingerprint density at radius 1 is 1.50 bits per heavy atom. The predicted molar refractivity (Wildman–Crippen MR) is 52.4 cm³/mol. The summed E-state index contributed by atoms with van der Waals surface area (Å²) in [7, 11) is 0. The van der Waals surface area contributed by atoms with E-state index in [2.05, 4.69) is 5.32 Å². The van der Waals surface area contributed by atoms with Crippen LogP contribution in [0.25, 0.3) is 0 Å². The van der Waals surface area contributed by atoms with Crippen molar-refractivity contribution in [3.05, 3.63) is 0 Å². The molecular weight excluding hydrogens is 180 g/mol. The molecule has 0 unspecified atom stereocenters. The van der Waals surface area contributed by atoms with Gasteiger partial charge in [-0.1, -0.05) is 0 Å². The zero-order valence-electron chi connectivity index (χ0n) is 8.28. The largest absolute Gasteiger partial charge is 0.393 e. The number of amides is 1. The van der Waals surface area contributed by atoms with E-state index < -0.39 is 0 Å². The first-order chi connectivity index (χ1) is 6.72. The van der Waals surface area contributed by atoms with Crippen molar-refractivity contribution >= 4 is 5.91 Å². The van der Waals surface area contributed by atoms with Gasteiger partial charge in [0.1, 0.15) is 0 Å². The van der Waals surface area contributed by atoms with Crippen LogP contribution < -0.4 is 11.1 Å². The SMILES string of the molecule is NC[C@@H]1C[C@@H]2[C@H](O)CCC[C@@H]2NC1=O. The van der Waals surface area contributed by atoms with Crippen LogP contribution in [0.1, 0.15) is 25.7 Å². The number of nitrogens with one attached hydrogen (secondary N) is 1. The van der Waals surface area contributed by atoms with Crippen molar-refractivity contribution in [1.82, 2.24) is 5.32 Å². The van der Waals surface area contributed by atoms with Gasteiger partial charge in [0.25, 0.3) is 0 Å². The van der Waals surface area contributed by atoms with Crippen LogP contribution in [-0.2, 0) is 4.79 Å². The maximum Gasteiger partial charge on any atom is 0.224 e. The number of hydrogen-bond donors (Lipinski definition) is 3. The fourth-order valence-corrected chi connectivity index (χ4v) is 2.68. The minimum absolute atomic E-state index is 0.0721. The van der Waals surface area contributed by atoms with E-state index in [1.807, 2.05) is 0 Å². The molecule has 4 nitrogen and oxygen atoms in total. The van der Waals surface area contributed by atoms with E-state index in [-0.39, 0.29) is 29.9 Å². The van der Waals surface area contributed by atoms with E-state index in [0.29, 0.717) is 6.54 Å². The van der Waals surface area contributed by atoms with Gasteiger partial charge < -0.3 is 16.2 Å². The highest BCUT2D eigenvalue weighted by molar-refractivity contribution is 5.80. The minimum atomic E-state index is -0.247. The van der Waals surface area contributed by atoms with Gasteiger partial charge in [0, 0.05) is 18.5 Å². The van der Waals surface area contributed by atoms with Gasteiger partial charge in [-0.25, -0.2) is 0 Å². The number of nitrogens with two attached hydrogens (primary N) is 1. The summed E-state index contributed by atoms with van der Waals surface area (Å²) < 4.78 is 0. The fourth-order valence-electron chi connectivity index (χ4n) is 2.68. The van der Waals surface area contributed by atoms with Gasteiger partial charge in [0.15, 0.2) is 0 Å². The van der Waals surface area contributed by atoms with Gasteiger partial charge in [-0.3, -0.25) is 4.79 Å².